The van der Waals surface area contributed by atoms with Crippen LogP contribution in [0.4, 0.5) is 8.78 Å². The van der Waals surface area contributed by atoms with Crippen LogP contribution in [-0.2, 0) is 0 Å². The number of halogens is 2. The van der Waals surface area contributed by atoms with Gasteiger partial charge in [0.2, 0.25) is 0 Å². The molecule has 1 saturated carbocycles. The fraction of sp³-hybridized carbons (Fsp3) is 0.400. The van der Waals surface area contributed by atoms with Gasteiger partial charge in [-0.2, -0.15) is 0 Å². The van der Waals surface area contributed by atoms with Gasteiger partial charge in [-0.1, -0.05) is 42.0 Å². The summed E-state index contributed by atoms with van der Waals surface area (Å²) in [5.41, 5.74) is 2.58. The molecular formula is C20H22F2O. The third-order valence-corrected chi connectivity index (χ3v) is 5.02. The molecule has 0 aliphatic heterocycles. The number of aryl methyl sites for hydroxylation is 1. The van der Waals surface area contributed by atoms with Gasteiger partial charge < -0.3 is 5.11 Å². The average molecular weight is 316 g/mol. The van der Waals surface area contributed by atoms with Gasteiger partial charge >= 0.3 is 0 Å². The summed E-state index contributed by atoms with van der Waals surface area (Å²) in [6.45, 7) is 2.16. The van der Waals surface area contributed by atoms with Crippen LogP contribution in [0.15, 0.2) is 36.4 Å². The smallest absolute Gasteiger partial charge is 0.166 e. The number of hydrogen-bond acceptors (Lipinski definition) is 1. The molecule has 2 aromatic carbocycles. The van der Waals surface area contributed by atoms with Crippen LogP contribution in [0.25, 0.3) is 11.1 Å². The fourth-order valence-corrected chi connectivity index (χ4v) is 3.49. The van der Waals surface area contributed by atoms with E-state index in [-0.39, 0.29) is 12.5 Å². The van der Waals surface area contributed by atoms with E-state index in [0.29, 0.717) is 22.6 Å². The minimum absolute atomic E-state index is 0.0550. The second-order valence-electron chi connectivity index (χ2n) is 6.60. The highest BCUT2D eigenvalue weighted by molar-refractivity contribution is 5.65. The number of rotatable bonds is 3. The van der Waals surface area contributed by atoms with Crippen LogP contribution in [0.3, 0.4) is 0 Å². The van der Waals surface area contributed by atoms with Gasteiger partial charge in [0.15, 0.2) is 11.6 Å². The molecule has 3 rings (SSSR count). The van der Waals surface area contributed by atoms with Gasteiger partial charge in [0.05, 0.1) is 0 Å². The Hall–Kier alpha value is -1.74. The van der Waals surface area contributed by atoms with Crippen molar-refractivity contribution in [2.24, 2.45) is 5.92 Å². The van der Waals surface area contributed by atoms with Gasteiger partial charge in [-0.05, 0) is 55.6 Å². The zero-order chi connectivity index (χ0) is 16.4. The summed E-state index contributed by atoms with van der Waals surface area (Å²) >= 11 is 0. The van der Waals surface area contributed by atoms with Gasteiger partial charge in [-0.25, -0.2) is 8.78 Å². The highest BCUT2D eigenvalue weighted by Crippen LogP contribution is 2.38. The zero-order valence-electron chi connectivity index (χ0n) is 13.4. The molecule has 0 saturated heterocycles. The molecule has 2 aromatic rings. The third kappa shape index (κ3) is 3.30. The maximum atomic E-state index is 14.6. The standard InChI is InChI=1S/C20H22F2O/c1-13-2-6-15(7-3-13)17-10-11-18(20(22)19(17)21)16-8-4-14(12-23)5-9-16/h2-3,6-7,10-11,14,16,23H,4-5,8-9,12H2,1H3. The van der Waals surface area contributed by atoms with Crippen molar-refractivity contribution >= 4 is 0 Å². The van der Waals surface area contributed by atoms with E-state index < -0.39 is 11.6 Å². The molecule has 0 radical (unpaired) electrons. The first-order valence-electron chi connectivity index (χ1n) is 8.26. The Morgan fingerprint density at radius 2 is 1.57 bits per heavy atom. The van der Waals surface area contributed by atoms with Crippen LogP contribution in [0.2, 0.25) is 0 Å². The van der Waals surface area contributed by atoms with Crippen molar-refractivity contribution in [2.45, 2.75) is 38.5 Å². The van der Waals surface area contributed by atoms with Crippen LogP contribution in [-0.4, -0.2) is 11.7 Å². The largest absolute Gasteiger partial charge is 0.396 e. The average Bonchev–Trinajstić information content (AvgIpc) is 2.58. The molecule has 0 spiro atoms. The third-order valence-electron chi connectivity index (χ3n) is 5.02. The van der Waals surface area contributed by atoms with Crippen molar-refractivity contribution in [1.82, 2.24) is 0 Å². The molecular weight excluding hydrogens is 294 g/mol. The summed E-state index contributed by atoms with van der Waals surface area (Å²) in [4.78, 5) is 0. The molecule has 0 unspecified atom stereocenters. The van der Waals surface area contributed by atoms with Crippen molar-refractivity contribution in [2.75, 3.05) is 6.61 Å². The monoisotopic (exact) mass is 316 g/mol. The minimum atomic E-state index is -0.754. The normalized spacial score (nSPS) is 21.4. The Labute approximate surface area is 136 Å². The van der Waals surface area contributed by atoms with Crippen LogP contribution in [0, 0.1) is 24.5 Å². The Morgan fingerprint density at radius 1 is 0.913 bits per heavy atom. The van der Waals surface area contributed by atoms with Crippen molar-refractivity contribution in [3.63, 3.8) is 0 Å². The van der Waals surface area contributed by atoms with Crippen molar-refractivity contribution in [3.05, 3.63) is 59.2 Å². The molecule has 1 aliphatic carbocycles. The van der Waals surface area contributed by atoms with Crippen molar-refractivity contribution in [3.8, 4) is 11.1 Å². The van der Waals surface area contributed by atoms with Gasteiger partial charge in [0.1, 0.15) is 0 Å². The minimum Gasteiger partial charge on any atom is -0.396 e. The molecule has 122 valence electrons. The maximum Gasteiger partial charge on any atom is 0.166 e. The van der Waals surface area contributed by atoms with E-state index in [4.69, 9.17) is 0 Å². The molecule has 0 amide bonds. The van der Waals surface area contributed by atoms with Crippen molar-refractivity contribution in [1.29, 1.82) is 0 Å². The van der Waals surface area contributed by atoms with Crippen molar-refractivity contribution < 1.29 is 13.9 Å². The quantitative estimate of drug-likeness (QED) is 0.824. The van der Waals surface area contributed by atoms with Crippen LogP contribution in [0.1, 0.15) is 42.7 Å². The number of benzene rings is 2. The van der Waals surface area contributed by atoms with E-state index in [0.717, 1.165) is 31.2 Å². The molecule has 1 aliphatic rings. The molecule has 23 heavy (non-hydrogen) atoms. The summed E-state index contributed by atoms with van der Waals surface area (Å²) in [5.74, 6) is -1.10. The second-order valence-corrected chi connectivity index (χ2v) is 6.60. The van der Waals surface area contributed by atoms with E-state index in [2.05, 4.69) is 0 Å². The van der Waals surface area contributed by atoms with Gasteiger partial charge in [-0.3, -0.25) is 0 Å². The maximum absolute atomic E-state index is 14.6. The van der Waals surface area contributed by atoms with E-state index >= 15 is 0 Å². The van der Waals surface area contributed by atoms with Crippen LogP contribution in [0.5, 0.6) is 0 Å². The first kappa shape index (κ1) is 16.1. The van der Waals surface area contributed by atoms with E-state index in [1.165, 1.54) is 0 Å². The molecule has 1 fully saturated rings. The topological polar surface area (TPSA) is 20.2 Å². The summed E-state index contributed by atoms with van der Waals surface area (Å²) in [5, 5.41) is 9.19. The molecule has 1 N–H and O–H groups in total. The summed E-state index contributed by atoms with van der Waals surface area (Å²) in [7, 11) is 0. The Kier molecular flexibility index (Phi) is 4.76. The van der Waals surface area contributed by atoms with Crippen LogP contribution >= 0.6 is 0 Å². The van der Waals surface area contributed by atoms with Gasteiger partial charge in [0.25, 0.3) is 0 Å². The van der Waals surface area contributed by atoms with E-state index in [1.807, 2.05) is 31.2 Å². The Bertz CT molecular complexity index is 671. The molecule has 1 nitrogen and oxygen atoms in total. The predicted molar refractivity (Wildman–Crippen MR) is 88.3 cm³/mol. The number of aliphatic hydroxyl groups is 1. The second kappa shape index (κ2) is 6.79. The Morgan fingerprint density at radius 3 is 2.17 bits per heavy atom. The Balaban J connectivity index is 1.87. The molecule has 0 aromatic heterocycles. The van der Waals surface area contributed by atoms with E-state index in [1.54, 1.807) is 12.1 Å². The molecule has 0 bridgehead atoms. The van der Waals surface area contributed by atoms with Gasteiger partial charge in [0, 0.05) is 12.2 Å². The lowest BCUT2D eigenvalue weighted by atomic mass is 9.78. The fourth-order valence-electron chi connectivity index (χ4n) is 3.49. The summed E-state index contributed by atoms with van der Waals surface area (Å²) < 4.78 is 29.1. The number of aliphatic hydroxyl groups excluding tert-OH is 1. The van der Waals surface area contributed by atoms with E-state index in [9.17, 15) is 13.9 Å². The zero-order valence-corrected chi connectivity index (χ0v) is 13.4. The summed E-state index contributed by atoms with van der Waals surface area (Å²) in [6.07, 6.45) is 3.38. The molecule has 0 atom stereocenters. The molecule has 3 heteroatoms. The first-order valence-corrected chi connectivity index (χ1v) is 8.26. The SMILES string of the molecule is Cc1ccc(-c2ccc(C3CCC(CO)CC3)c(F)c2F)cc1. The van der Waals surface area contributed by atoms with Gasteiger partial charge in [-0.15, -0.1) is 0 Å². The summed E-state index contributed by atoms with van der Waals surface area (Å²) in [6, 6.07) is 10.9. The lowest BCUT2D eigenvalue weighted by molar-refractivity contribution is 0.181. The first-order chi connectivity index (χ1) is 11.1. The highest BCUT2D eigenvalue weighted by atomic mass is 19.2. The number of hydrogen-bond donors (Lipinski definition) is 1. The lowest BCUT2D eigenvalue weighted by Gasteiger charge is -2.28. The molecule has 0 heterocycles. The van der Waals surface area contributed by atoms with Crippen LogP contribution < -0.4 is 0 Å². The predicted octanol–water partition coefficient (Wildman–Crippen LogP) is 5.21. The lowest BCUT2D eigenvalue weighted by Crippen LogP contribution is -2.17. The highest BCUT2D eigenvalue weighted by Gasteiger charge is 2.26.